The zero-order valence-corrected chi connectivity index (χ0v) is 13.5. The fourth-order valence-electron chi connectivity index (χ4n) is 1.98. The highest BCUT2D eigenvalue weighted by atomic mass is 16.5. The van der Waals surface area contributed by atoms with Crippen molar-refractivity contribution in [2.75, 3.05) is 20.8 Å². The number of amides is 1. The van der Waals surface area contributed by atoms with Gasteiger partial charge in [-0.05, 0) is 55.5 Å². The molecule has 0 unspecified atom stereocenters. The molecule has 0 bridgehead atoms. The monoisotopic (exact) mass is 315 g/mol. The van der Waals surface area contributed by atoms with Gasteiger partial charge < -0.3 is 19.5 Å². The van der Waals surface area contributed by atoms with E-state index in [0.29, 0.717) is 12.2 Å². The molecule has 0 aliphatic carbocycles. The van der Waals surface area contributed by atoms with E-state index in [1.807, 2.05) is 31.2 Å². The molecular weight excluding hydrogens is 294 g/mol. The van der Waals surface area contributed by atoms with Crippen molar-refractivity contribution in [2.24, 2.45) is 0 Å². The Morgan fingerprint density at radius 3 is 1.91 bits per heavy atom. The molecule has 2 rings (SSSR count). The summed E-state index contributed by atoms with van der Waals surface area (Å²) in [5.74, 6) is 2.09. The average Bonchev–Trinajstić information content (AvgIpc) is 2.60. The van der Waals surface area contributed by atoms with Crippen molar-refractivity contribution < 1.29 is 19.0 Å². The van der Waals surface area contributed by atoms with E-state index in [0.717, 1.165) is 17.2 Å². The summed E-state index contributed by atoms with van der Waals surface area (Å²) in [4.78, 5) is 12.1. The van der Waals surface area contributed by atoms with Gasteiger partial charge in [-0.15, -0.1) is 0 Å². The van der Waals surface area contributed by atoms with Crippen LogP contribution in [-0.4, -0.2) is 32.8 Å². The van der Waals surface area contributed by atoms with E-state index >= 15 is 0 Å². The molecule has 1 atom stereocenters. The summed E-state index contributed by atoms with van der Waals surface area (Å²) in [6.45, 7) is 2.28. The molecule has 5 nitrogen and oxygen atoms in total. The number of hydrogen-bond donors (Lipinski definition) is 1. The fraction of sp³-hybridized carbons (Fsp3) is 0.278. The van der Waals surface area contributed by atoms with Crippen LogP contribution in [0.15, 0.2) is 48.5 Å². The highest BCUT2D eigenvalue weighted by molar-refractivity contribution is 5.94. The van der Waals surface area contributed by atoms with Crippen LogP contribution in [0, 0.1) is 0 Å². The van der Waals surface area contributed by atoms with Crippen LogP contribution >= 0.6 is 0 Å². The van der Waals surface area contributed by atoms with Crippen LogP contribution in [0.1, 0.15) is 17.3 Å². The van der Waals surface area contributed by atoms with E-state index in [1.54, 1.807) is 38.5 Å². The second-order valence-electron chi connectivity index (χ2n) is 5.09. The van der Waals surface area contributed by atoms with Crippen molar-refractivity contribution in [3.05, 3.63) is 54.1 Å². The maximum Gasteiger partial charge on any atom is 0.251 e. The number of methoxy groups -OCH3 is 2. The van der Waals surface area contributed by atoms with E-state index in [2.05, 4.69) is 5.32 Å². The summed E-state index contributed by atoms with van der Waals surface area (Å²) in [7, 11) is 3.21. The van der Waals surface area contributed by atoms with Gasteiger partial charge in [-0.3, -0.25) is 4.79 Å². The van der Waals surface area contributed by atoms with Crippen LogP contribution in [0.3, 0.4) is 0 Å². The third-order valence-electron chi connectivity index (χ3n) is 3.29. The minimum Gasteiger partial charge on any atom is -0.497 e. The molecule has 0 radical (unpaired) electrons. The molecular formula is C18H21NO4. The van der Waals surface area contributed by atoms with E-state index in [4.69, 9.17) is 14.2 Å². The standard InChI is InChI=1S/C18H21NO4/c1-13(12-23-17-10-8-16(22-3)9-11-17)19-18(20)14-4-6-15(21-2)7-5-14/h4-11,13H,12H2,1-3H3,(H,19,20)/t13-/m0/s1. The average molecular weight is 315 g/mol. The van der Waals surface area contributed by atoms with E-state index in [9.17, 15) is 4.79 Å². The lowest BCUT2D eigenvalue weighted by atomic mass is 10.2. The molecule has 1 N–H and O–H groups in total. The first-order chi connectivity index (χ1) is 11.1. The molecule has 23 heavy (non-hydrogen) atoms. The van der Waals surface area contributed by atoms with Gasteiger partial charge in [0.05, 0.1) is 20.3 Å². The van der Waals surface area contributed by atoms with Gasteiger partial charge in [-0.25, -0.2) is 0 Å². The SMILES string of the molecule is COc1ccc(OC[C@H](C)NC(=O)c2ccc(OC)cc2)cc1. The first-order valence-corrected chi connectivity index (χ1v) is 7.34. The van der Waals surface area contributed by atoms with Gasteiger partial charge in [0.2, 0.25) is 0 Å². The summed E-state index contributed by atoms with van der Waals surface area (Å²) < 4.78 is 15.8. The lowest BCUT2D eigenvalue weighted by Crippen LogP contribution is -2.36. The molecule has 0 fully saturated rings. The molecule has 2 aromatic rings. The first-order valence-electron chi connectivity index (χ1n) is 7.34. The van der Waals surface area contributed by atoms with Crippen LogP contribution in [0.2, 0.25) is 0 Å². The molecule has 0 spiro atoms. The van der Waals surface area contributed by atoms with Gasteiger partial charge in [0.15, 0.2) is 0 Å². The molecule has 1 amide bonds. The smallest absolute Gasteiger partial charge is 0.251 e. The predicted molar refractivity (Wildman–Crippen MR) is 88.4 cm³/mol. The van der Waals surface area contributed by atoms with Crippen LogP contribution in [0.5, 0.6) is 17.2 Å². The maximum absolute atomic E-state index is 12.1. The highest BCUT2D eigenvalue weighted by Crippen LogP contribution is 2.17. The topological polar surface area (TPSA) is 56.8 Å². The third kappa shape index (κ3) is 4.92. The normalized spacial score (nSPS) is 11.4. The predicted octanol–water partition coefficient (Wildman–Crippen LogP) is 2.90. The van der Waals surface area contributed by atoms with Gasteiger partial charge in [0.1, 0.15) is 23.9 Å². The highest BCUT2D eigenvalue weighted by Gasteiger charge is 2.10. The molecule has 0 heterocycles. The second-order valence-corrected chi connectivity index (χ2v) is 5.09. The fourth-order valence-corrected chi connectivity index (χ4v) is 1.98. The Morgan fingerprint density at radius 2 is 1.39 bits per heavy atom. The minimum atomic E-state index is -0.140. The Morgan fingerprint density at radius 1 is 0.913 bits per heavy atom. The molecule has 0 saturated heterocycles. The van der Waals surface area contributed by atoms with Crippen molar-refractivity contribution in [2.45, 2.75) is 13.0 Å². The Balaban J connectivity index is 1.83. The Labute approximate surface area is 136 Å². The zero-order valence-electron chi connectivity index (χ0n) is 13.5. The van der Waals surface area contributed by atoms with Crippen molar-refractivity contribution in [1.82, 2.24) is 5.32 Å². The number of nitrogens with one attached hydrogen (secondary N) is 1. The second kappa shape index (κ2) is 8.08. The van der Waals surface area contributed by atoms with Crippen molar-refractivity contribution >= 4 is 5.91 Å². The molecule has 122 valence electrons. The van der Waals surface area contributed by atoms with Crippen molar-refractivity contribution in [3.8, 4) is 17.2 Å². The Hall–Kier alpha value is -2.69. The zero-order chi connectivity index (χ0) is 16.7. The van der Waals surface area contributed by atoms with Crippen molar-refractivity contribution in [1.29, 1.82) is 0 Å². The van der Waals surface area contributed by atoms with Crippen LogP contribution in [-0.2, 0) is 0 Å². The van der Waals surface area contributed by atoms with Gasteiger partial charge >= 0.3 is 0 Å². The minimum absolute atomic E-state index is 0.119. The summed E-state index contributed by atoms with van der Waals surface area (Å²) in [5, 5.41) is 2.90. The summed E-state index contributed by atoms with van der Waals surface area (Å²) in [6, 6.07) is 14.2. The number of hydrogen-bond acceptors (Lipinski definition) is 4. The number of ether oxygens (including phenoxy) is 3. The van der Waals surface area contributed by atoms with Gasteiger partial charge in [-0.2, -0.15) is 0 Å². The Kier molecular flexibility index (Phi) is 5.86. The van der Waals surface area contributed by atoms with Crippen LogP contribution < -0.4 is 19.5 Å². The number of carbonyl (C=O) groups is 1. The summed E-state index contributed by atoms with van der Waals surface area (Å²) in [6.07, 6.45) is 0. The summed E-state index contributed by atoms with van der Waals surface area (Å²) in [5.41, 5.74) is 0.585. The summed E-state index contributed by atoms with van der Waals surface area (Å²) >= 11 is 0. The number of carbonyl (C=O) groups excluding carboxylic acids is 1. The van der Waals surface area contributed by atoms with E-state index in [1.165, 1.54) is 0 Å². The molecule has 2 aromatic carbocycles. The molecule has 0 aliphatic heterocycles. The van der Waals surface area contributed by atoms with E-state index < -0.39 is 0 Å². The number of benzene rings is 2. The van der Waals surface area contributed by atoms with Crippen LogP contribution in [0.25, 0.3) is 0 Å². The number of rotatable bonds is 7. The first kappa shape index (κ1) is 16.7. The largest absolute Gasteiger partial charge is 0.497 e. The van der Waals surface area contributed by atoms with Crippen LogP contribution in [0.4, 0.5) is 0 Å². The third-order valence-corrected chi connectivity index (χ3v) is 3.29. The van der Waals surface area contributed by atoms with Crippen molar-refractivity contribution in [3.63, 3.8) is 0 Å². The van der Waals surface area contributed by atoms with Gasteiger partial charge in [-0.1, -0.05) is 0 Å². The lowest BCUT2D eigenvalue weighted by molar-refractivity contribution is 0.0926. The van der Waals surface area contributed by atoms with Gasteiger partial charge in [0, 0.05) is 5.56 Å². The molecule has 0 aromatic heterocycles. The maximum atomic E-state index is 12.1. The Bertz CT molecular complexity index is 622. The molecule has 0 aliphatic rings. The lowest BCUT2D eigenvalue weighted by Gasteiger charge is -2.15. The quantitative estimate of drug-likeness (QED) is 0.853. The molecule has 0 saturated carbocycles. The molecule has 5 heteroatoms. The van der Waals surface area contributed by atoms with E-state index in [-0.39, 0.29) is 11.9 Å². The van der Waals surface area contributed by atoms with Gasteiger partial charge in [0.25, 0.3) is 5.91 Å².